The molecule has 0 radical (unpaired) electrons. The van der Waals surface area contributed by atoms with Crippen molar-refractivity contribution >= 4 is 78.4 Å². The molecule has 0 aliphatic carbocycles. The van der Waals surface area contributed by atoms with Gasteiger partial charge in [0.2, 0.25) is 0 Å². The fourth-order valence-electron chi connectivity index (χ4n) is 4.79. The van der Waals surface area contributed by atoms with Crippen LogP contribution >= 0.6 is 66.4 Å². The summed E-state index contributed by atoms with van der Waals surface area (Å²) < 4.78 is 20.7. The zero-order valence-electron chi connectivity index (χ0n) is 23.8. The van der Waals surface area contributed by atoms with Crippen LogP contribution in [0, 0.1) is 0 Å². The largest absolute Gasteiger partial charge is 0.494 e. The third kappa shape index (κ3) is 6.84. The van der Waals surface area contributed by atoms with Gasteiger partial charge >= 0.3 is 5.97 Å². The molecule has 3 aromatic carbocycles. The standard InChI is InChI=1S/C32H26Br2Cl2N2O5S/c1-4-41-22-9-7-19(8-10-22)28-27(31(40)42-5-2)17(3)37-32-38(28)30(39)26(44-32)14-20-13-21(33)15-23(34)29(20)43-16-18-6-11-24(35)25(36)12-18/h6-15,28H,4-5,16H2,1-3H3/b26-14-/t28-/m0/s1. The summed E-state index contributed by atoms with van der Waals surface area (Å²) in [5.74, 6) is 0.711. The molecule has 44 heavy (non-hydrogen) atoms. The van der Waals surface area contributed by atoms with E-state index in [0.29, 0.717) is 58.8 Å². The van der Waals surface area contributed by atoms with Crippen LogP contribution in [0.25, 0.3) is 6.08 Å². The molecule has 1 aliphatic heterocycles. The van der Waals surface area contributed by atoms with E-state index in [0.717, 1.165) is 15.6 Å². The van der Waals surface area contributed by atoms with Crippen LogP contribution in [0.1, 0.15) is 43.5 Å². The summed E-state index contributed by atoms with van der Waals surface area (Å²) >= 11 is 20.7. The number of aromatic nitrogens is 1. The maximum Gasteiger partial charge on any atom is 0.338 e. The van der Waals surface area contributed by atoms with E-state index in [1.807, 2.05) is 49.4 Å². The number of allylic oxidation sites excluding steroid dienone is 1. The zero-order chi connectivity index (χ0) is 31.5. The normalized spacial score (nSPS) is 14.7. The molecule has 2 heterocycles. The molecule has 0 saturated carbocycles. The van der Waals surface area contributed by atoms with Gasteiger partial charge in [-0.25, -0.2) is 9.79 Å². The third-order valence-electron chi connectivity index (χ3n) is 6.71. The van der Waals surface area contributed by atoms with Crippen LogP contribution in [0.5, 0.6) is 11.5 Å². The predicted molar refractivity (Wildman–Crippen MR) is 181 cm³/mol. The van der Waals surface area contributed by atoms with Gasteiger partial charge in [-0.15, -0.1) is 0 Å². The van der Waals surface area contributed by atoms with Crippen molar-refractivity contribution in [2.45, 2.75) is 33.4 Å². The average molecular weight is 781 g/mol. The molecule has 0 bridgehead atoms. The van der Waals surface area contributed by atoms with Crippen LogP contribution < -0.4 is 24.4 Å². The number of hydrogen-bond acceptors (Lipinski definition) is 7. The van der Waals surface area contributed by atoms with Gasteiger partial charge in [-0.2, -0.15) is 0 Å². The van der Waals surface area contributed by atoms with Gasteiger partial charge in [-0.1, -0.05) is 68.7 Å². The Morgan fingerprint density at radius 1 is 1.02 bits per heavy atom. The van der Waals surface area contributed by atoms with E-state index < -0.39 is 12.0 Å². The zero-order valence-corrected chi connectivity index (χ0v) is 29.3. The topological polar surface area (TPSA) is 79.1 Å². The molecule has 1 aromatic heterocycles. The molecule has 1 atom stereocenters. The molecular formula is C32H26Br2Cl2N2O5S. The Hall–Kier alpha value is -2.89. The summed E-state index contributed by atoms with van der Waals surface area (Å²) in [6.45, 7) is 6.34. The van der Waals surface area contributed by atoms with E-state index in [4.69, 9.17) is 37.4 Å². The lowest BCUT2D eigenvalue weighted by atomic mass is 9.96. The summed E-state index contributed by atoms with van der Waals surface area (Å²) in [4.78, 5) is 32.5. The number of fused-ring (bicyclic) bond motifs is 1. The Morgan fingerprint density at radius 2 is 1.77 bits per heavy atom. The van der Waals surface area contributed by atoms with Crippen molar-refractivity contribution in [1.29, 1.82) is 0 Å². The number of benzene rings is 3. The summed E-state index contributed by atoms with van der Waals surface area (Å²) in [6, 6.07) is 15.7. The van der Waals surface area contributed by atoms with E-state index >= 15 is 0 Å². The second-order valence-corrected chi connectivity index (χ2v) is 13.2. The molecule has 228 valence electrons. The van der Waals surface area contributed by atoms with Crippen LogP contribution in [0.4, 0.5) is 0 Å². The first-order valence-corrected chi connectivity index (χ1v) is 16.7. The van der Waals surface area contributed by atoms with Crippen LogP contribution in [0.2, 0.25) is 10.0 Å². The van der Waals surface area contributed by atoms with E-state index in [1.54, 1.807) is 36.6 Å². The molecule has 0 saturated heterocycles. The van der Waals surface area contributed by atoms with Gasteiger partial charge < -0.3 is 14.2 Å². The molecule has 5 rings (SSSR count). The van der Waals surface area contributed by atoms with Crippen LogP contribution in [-0.4, -0.2) is 23.8 Å². The predicted octanol–water partition coefficient (Wildman–Crippen LogP) is 7.61. The van der Waals surface area contributed by atoms with Crippen molar-refractivity contribution in [3.8, 4) is 11.5 Å². The summed E-state index contributed by atoms with van der Waals surface area (Å²) in [7, 11) is 0. The summed E-state index contributed by atoms with van der Waals surface area (Å²) in [5, 5.41) is 0.893. The SMILES string of the molecule is CCOC(=O)C1=C(C)N=c2s/c(=C\c3cc(Br)cc(Br)c3OCc3ccc(Cl)c(Cl)c3)c(=O)n2[C@H]1c1ccc(OCC)cc1. The number of halogens is 4. The van der Waals surface area contributed by atoms with Gasteiger partial charge in [0.15, 0.2) is 4.80 Å². The monoisotopic (exact) mass is 778 g/mol. The van der Waals surface area contributed by atoms with Gasteiger partial charge in [0.1, 0.15) is 18.1 Å². The van der Waals surface area contributed by atoms with E-state index in [-0.39, 0.29) is 18.8 Å². The van der Waals surface area contributed by atoms with Crippen molar-refractivity contribution in [3.63, 3.8) is 0 Å². The lowest BCUT2D eigenvalue weighted by Gasteiger charge is -2.24. The van der Waals surface area contributed by atoms with Crippen molar-refractivity contribution < 1.29 is 19.0 Å². The number of rotatable bonds is 9. The number of nitrogens with zero attached hydrogens (tertiary/aromatic N) is 2. The van der Waals surface area contributed by atoms with Crippen molar-refractivity contribution in [2.75, 3.05) is 13.2 Å². The number of carbonyl (C=O) groups excluding carboxylic acids is 1. The highest BCUT2D eigenvalue weighted by Gasteiger charge is 2.33. The molecule has 0 unspecified atom stereocenters. The van der Waals surface area contributed by atoms with Crippen molar-refractivity contribution in [3.05, 3.63) is 121 Å². The van der Waals surface area contributed by atoms with E-state index in [2.05, 4.69) is 36.9 Å². The number of hydrogen-bond donors (Lipinski definition) is 0. The Bertz CT molecular complexity index is 1950. The van der Waals surface area contributed by atoms with Gasteiger partial charge in [0, 0.05) is 10.0 Å². The molecule has 0 N–H and O–H groups in total. The van der Waals surface area contributed by atoms with E-state index in [9.17, 15) is 9.59 Å². The minimum absolute atomic E-state index is 0.193. The molecular weight excluding hydrogens is 755 g/mol. The maximum absolute atomic E-state index is 14.1. The Balaban J connectivity index is 1.62. The van der Waals surface area contributed by atoms with Crippen LogP contribution in [0.15, 0.2) is 84.6 Å². The molecule has 0 amide bonds. The Kier molecular flexibility index (Phi) is 10.4. The first-order chi connectivity index (χ1) is 21.1. The second kappa shape index (κ2) is 14.0. The number of ether oxygens (including phenoxy) is 3. The Labute approximate surface area is 284 Å². The van der Waals surface area contributed by atoms with Gasteiger partial charge in [-0.05, 0) is 90.3 Å². The molecule has 0 spiro atoms. The van der Waals surface area contributed by atoms with Gasteiger partial charge in [0.05, 0.1) is 49.6 Å². The highest BCUT2D eigenvalue weighted by atomic mass is 79.9. The third-order valence-corrected chi connectivity index (χ3v) is 9.48. The Morgan fingerprint density at radius 3 is 2.45 bits per heavy atom. The fourth-order valence-corrected chi connectivity index (χ4v) is 7.52. The highest BCUT2D eigenvalue weighted by molar-refractivity contribution is 9.11. The van der Waals surface area contributed by atoms with Gasteiger partial charge in [0.25, 0.3) is 5.56 Å². The average Bonchev–Trinajstić information content (AvgIpc) is 3.28. The first-order valence-electron chi connectivity index (χ1n) is 13.6. The lowest BCUT2D eigenvalue weighted by molar-refractivity contribution is -0.139. The number of carbonyl (C=O) groups is 1. The molecule has 7 nitrogen and oxygen atoms in total. The fraction of sp³-hybridized carbons (Fsp3) is 0.219. The lowest BCUT2D eigenvalue weighted by Crippen LogP contribution is -2.39. The maximum atomic E-state index is 14.1. The number of esters is 1. The first kappa shape index (κ1) is 32.5. The number of thiazole rings is 1. The van der Waals surface area contributed by atoms with Gasteiger partial charge in [-0.3, -0.25) is 9.36 Å². The minimum atomic E-state index is -0.734. The molecule has 12 heteroatoms. The summed E-state index contributed by atoms with van der Waals surface area (Å²) in [5.41, 5.74) is 2.73. The van der Waals surface area contributed by atoms with Crippen LogP contribution in [0.3, 0.4) is 0 Å². The second-order valence-electron chi connectivity index (χ2n) is 9.65. The van der Waals surface area contributed by atoms with Crippen LogP contribution in [-0.2, 0) is 16.1 Å². The van der Waals surface area contributed by atoms with Crippen molar-refractivity contribution in [1.82, 2.24) is 4.57 Å². The van der Waals surface area contributed by atoms with E-state index in [1.165, 1.54) is 11.3 Å². The quantitative estimate of drug-likeness (QED) is 0.164. The highest BCUT2D eigenvalue weighted by Crippen LogP contribution is 2.35. The summed E-state index contributed by atoms with van der Waals surface area (Å²) in [6.07, 6.45) is 1.77. The van der Waals surface area contributed by atoms with Crippen molar-refractivity contribution in [2.24, 2.45) is 4.99 Å². The molecule has 1 aliphatic rings. The molecule has 4 aromatic rings. The smallest absolute Gasteiger partial charge is 0.338 e. The molecule has 0 fully saturated rings. The minimum Gasteiger partial charge on any atom is -0.494 e.